The number of hydrogen-bond acceptors (Lipinski definition) is 3. The monoisotopic (exact) mass is 366 g/mol. The highest BCUT2D eigenvalue weighted by atomic mass is 35.5. The van der Waals surface area contributed by atoms with Crippen LogP contribution < -0.4 is 5.32 Å². The summed E-state index contributed by atoms with van der Waals surface area (Å²) in [6.45, 7) is 4.02. The molecule has 0 spiro atoms. The topological polar surface area (TPSA) is 15.3 Å². The second kappa shape index (κ2) is 7.91. The average Bonchev–Trinajstić information content (AvgIpc) is 2.59. The smallest absolute Gasteiger partial charge is 0.0617 e. The highest BCUT2D eigenvalue weighted by molar-refractivity contribution is 7.98. The number of nitrogens with zero attached hydrogens (tertiary/aromatic N) is 1. The molecule has 0 amide bonds. The molecule has 0 bridgehead atoms. The van der Waals surface area contributed by atoms with E-state index < -0.39 is 0 Å². The summed E-state index contributed by atoms with van der Waals surface area (Å²) in [6.07, 6.45) is 2.10. The van der Waals surface area contributed by atoms with Gasteiger partial charge < -0.3 is 5.32 Å². The molecule has 1 aliphatic rings. The zero-order valence-electron chi connectivity index (χ0n) is 13.1. The van der Waals surface area contributed by atoms with E-state index >= 15 is 0 Å². The summed E-state index contributed by atoms with van der Waals surface area (Å²) in [5.41, 5.74) is 2.39. The lowest BCUT2D eigenvalue weighted by molar-refractivity contribution is 0.198. The van der Waals surface area contributed by atoms with Gasteiger partial charge in [0.1, 0.15) is 0 Å². The number of halogens is 2. The summed E-state index contributed by atoms with van der Waals surface area (Å²) >= 11 is 14.4. The maximum Gasteiger partial charge on any atom is 0.0617 e. The second-order valence-electron chi connectivity index (χ2n) is 5.63. The van der Waals surface area contributed by atoms with Gasteiger partial charge in [0.15, 0.2) is 0 Å². The minimum Gasteiger partial charge on any atom is -0.314 e. The van der Waals surface area contributed by atoms with Crippen molar-refractivity contribution in [2.75, 3.05) is 32.4 Å². The zero-order chi connectivity index (χ0) is 16.2. The Labute approximate surface area is 152 Å². The molecule has 2 nitrogen and oxygen atoms in total. The van der Waals surface area contributed by atoms with Crippen LogP contribution in [0.25, 0.3) is 0 Å². The molecule has 0 saturated carbocycles. The number of hydrogen-bond donors (Lipinski definition) is 1. The van der Waals surface area contributed by atoms with Crippen molar-refractivity contribution < 1.29 is 0 Å². The molecule has 1 aliphatic heterocycles. The van der Waals surface area contributed by atoms with Crippen LogP contribution in [0.1, 0.15) is 17.2 Å². The van der Waals surface area contributed by atoms with E-state index in [2.05, 4.69) is 46.8 Å². The first kappa shape index (κ1) is 17.1. The Morgan fingerprint density at radius 1 is 1.04 bits per heavy atom. The van der Waals surface area contributed by atoms with E-state index in [0.717, 1.165) is 36.8 Å². The molecule has 1 heterocycles. The summed E-state index contributed by atoms with van der Waals surface area (Å²) in [7, 11) is 0. The Kier molecular flexibility index (Phi) is 5.89. The fraction of sp³-hybridized carbons (Fsp3) is 0.333. The van der Waals surface area contributed by atoms with Crippen LogP contribution in [-0.4, -0.2) is 37.3 Å². The van der Waals surface area contributed by atoms with E-state index in [9.17, 15) is 0 Å². The average molecular weight is 367 g/mol. The maximum absolute atomic E-state index is 6.52. The van der Waals surface area contributed by atoms with Crippen molar-refractivity contribution in [3.63, 3.8) is 0 Å². The molecular weight excluding hydrogens is 347 g/mol. The minimum atomic E-state index is 0.165. The largest absolute Gasteiger partial charge is 0.314 e. The van der Waals surface area contributed by atoms with Gasteiger partial charge in [-0.25, -0.2) is 0 Å². The van der Waals surface area contributed by atoms with Crippen molar-refractivity contribution >= 4 is 35.0 Å². The molecule has 1 atom stereocenters. The van der Waals surface area contributed by atoms with Crippen molar-refractivity contribution in [1.82, 2.24) is 10.2 Å². The molecule has 5 heteroatoms. The first-order valence-corrected chi connectivity index (χ1v) is 9.71. The van der Waals surface area contributed by atoms with Crippen LogP contribution in [0.3, 0.4) is 0 Å². The second-order valence-corrected chi connectivity index (χ2v) is 7.35. The maximum atomic E-state index is 6.52. The van der Waals surface area contributed by atoms with Gasteiger partial charge in [-0.1, -0.05) is 41.4 Å². The van der Waals surface area contributed by atoms with Crippen LogP contribution >= 0.6 is 35.0 Å². The minimum absolute atomic E-state index is 0.165. The van der Waals surface area contributed by atoms with E-state index in [0.29, 0.717) is 5.02 Å². The van der Waals surface area contributed by atoms with Crippen molar-refractivity contribution in [1.29, 1.82) is 0 Å². The standard InChI is InChI=1S/C18H20Cl2N2S/c1-23-15-5-2-13(3-6-15)18(22-10-8-21-9-11-22)16-7-4-14(19)12-17(16)20/h2-7,12,18,21H,8-11H2,1H3. The summed E-state index contributed by atoms with van der Waals surface area (Å²) < 4.78 is 0. The van der Waals surface area contributed by atoms with E-state index in [1.54, 1.807) is 11.8 Å². The molecule has 0 aliphatic carbocycles. The Hall–Kier alpha value is -0.710. The fourth-order valence-corrected chi connectivity index (χ4v) is 3.96. The molecule has 1 unspecified atom stereocenters. The van der Waals surface area contributed by atoms with E-state index in [-0.39, 0.29) is 6.04 Å². The summed E-state index contributed by atoms with van der Waals surface area (Å²) in [4.78, 5) is 3.76. The number of rotatable bonds is 4. The van der Waals surface area contributed by atoms with Crippen LogP contribution in [0.15, 0.2) is 47.4 Å². The van der Waals surface area contributed by atoms with Gasteiger partial charge in [-0.05, 0) is 41.6 Å². The summed E-state index contributed by atoms with van der Waals surface area (Å²) in [5.74, 6) is 0. The van der Waals surface area contributed by atoms with Crippen molar-refractivity contribution in [2.24, 2.45) is 0 Å². The normalized spacial score (nSPS) is 17.2. The lowest BCUT2D eigenvalue weighted by Crippen LogP contribution is -2.45. The molecular formula is C18H20Cl2N2S. The van der Waals surface area contributed by atoms with Gasteiger partial charge in [-0.3, -0.25) is 4.90 Å². The predicted molar refractivity (Wildman–Crippen MR) is 101 cm³/mol. The molecule has 1 fully saturated rings. The van der Waals surface area contributed by atoms with Gasteiger partial charge in [0, 0.05) is 41.1 Å². The Balaban J connectivity index is 2.01. The molecule has 2 aromatic carbocycles. The lowest BCUT2D eigenvalue weighted by Gasteiger charge is -2.36. The zero-order valence-corrected chi connectivity index (χ0v) is 15.4. The molecule has 1 N–H and O–H groups in total. The SMILES string of the molecule is CSc1ccc(C(c2ccc(Cl)cc2Cl)N2CCNCC2)cc1. The van der Waals surface area contributed by atoms with E-state index in [4.69, 9.17) is 23.2 Å². The summed E-state index contributed by atoms with van der Waals surface area (Å²) in [5, 5.41) is 4.82. The molecule has 0 aromatic heterocycles. The third kappa shape index (κ3) is 4.04. The van der Waals surface area contributed by atoms with Crippen LogP contribution in [-0.2, 0) is 0 Å². The van der Waals surface area contributed by atoms with Crippen molar-refractivity contribution in [2.45, 2.75) is 10.9 Å². The lowest BCUT2D eigenvalue weighted by atomic mass is 9.96. The van der Waals surface area contributed by atoms with Crippen molar-refractivity contribution in [3.8, 4) is 0 Å². The highest BCUT2D eigenvalue weighted by Gasteiger charge is 2.25. The quantitative estimate of drug-likeness (QED) is 0.788. The number of thioether (sulfide) groups is 1. The third-order valence-corrected chi connectivity index (χ3v) is 5.51. The van der Waals surface area contributed by atoms with E-state index in [1.165, 1.54) is 10.5 Å². The van der Waals surface area contributed by atoms with Gasteiger partial charge in [0.05, 0.1) is 6.04 Å². The predicted octanol–water partition coefficient (Wildman–Crippen LogP) is 4.71. The van der Waals surface area contributed by atoms with Gasteiger partial charge in [0.25, 0.3) is 0 Å². The first-order chi connectivity index (χ1) is 11.2. The molecule has 23 heavy (non-hydrogen) atoms. The molecule has 2 aromatic rings. The Morgan fingerprint density at radius 2 is 1.74 bits per heavy atom. The highest BCUT2D eigenvalue weighted by Crippen LogP contribution is 2.35. The summed E-state index contributed by atoms with van der Waals surface area (Å²) in [6, 6.07) is 14.8. The van der Waals surface area contributed by atoms with Crippen LogP contribution in [0.2, 0.25) is 10.0 Å². The van der Waals surface area contributed by atoms with Crippen molar-refractivity contribution in [3.05, 3.63) is 63.6 Å². The van der Waals surface area contributed by atoms with E-state index in [1.807, 2.05) is 12.1 Å². The Bertz CT molecular complexity index is 655. The number of benzene rings is 2. The fourth-order valence-electron chi connectivity index (χ4n) is 3.04. The molecule has 1 saturated heterocycles. The first-order valence-electron chi connectivity index (χ1n) is 7.72. The number of piperazine rings is 1. The van der Waals surface area contributed by atoms with Gasteiger partial charge in [-0.2, -0.15) is 0 Å². The van der Waals surface area contributed by atoms with Crippen LogP contribution in [0.4, 0.5) is 0 Å². The van der Waals surface area contributed by atoms with Gasteiger partial charge in [0.2, 0.25) is 0 Å². The number of nitrogens with one attached hydrogen (secondary N) is 1. The van der Waals surface area contributed by atoms with Crippen LogP contribution in [0.5, 0.6) is 0 Å². The van der Waals surface area contributed by atoms with Gasteiger partial charge >= 0.3 is 0 Å². The molecule has 3 rings (SSSR count). The van der Waals surface area contributed by atoms with Gasteiger partial charge in [-0.15, -0.1) is 11.8 Å². The Morgan fingerprint density at radius 3 is 2.35 bits per heavy atom. The third-order valence-electron chi connectivity index (χ3n) is 4.21. The van der Waals surface area contributed by atoms with Crippen LogP contribution in [0, 0.1) is 0 Å². The molecule has 122 valence electrons. The molecule has 0 radical (unpaired) electrons.